The number of amides is 1. The molecule has 1 amide bonds. The highest BCUT2D eigenvalue weighted by molar-refractivity contribution is 5.94. The summed E-state index contributed by atoms with van der Waals surface area (Å²) >= 11 is 0. The van der Waals surface area contributed by atoms with Crippen LogP contribution in [0.25, 0.3) is 6.08 Å². The van der Waals surface area contributed by atoms with Crippen LogP contribution in [-0.4, -0.2) is 48.4 Å². The third-order valence-corrected chi connectivity index (χ3v) is 4.24. The Kier molecular flexibility index (Phi) is 5.39. The summed E-state index contributed by atoms with van der Waals surface area (Å²) in [6.07, 6.45) is 4.25. The topological polar surface area (TPSA) is 23.6 Å². The predicted octanol–water partition coefficient (Wildman–Crippen LogP) is 3.30. The first-order chi connectivity index (χ1) is 11.7. The van der Waals surface area contributed by atoms with Crippen LogP contribution in [0.3, 0.4) is 0 Å². The van der Waals surface area contributed by atoms with Crippen molar-refractivity contribution in [2.75, 3.05) is 32.7 Å². The molecule has 1 heterocycles. The second-order valence-corrected chi connectivity index (χ2v) is 5.89. The summed E-state index contributed by atoms with van der Waals surface area (Å²) in [7, 11) is 0. The van der Waals surface area contributed by atoms with Crippen molar-refractivity contribution in [1.82, 2.24) is 9.80 Å². The van der Waals surface area contributed by atoms with Crippen molar-refractivity contribution >= 4 is 12.0 Å². The van der Waals surface area contributed by atoms with Crippen LogP contribution in [0, 0.1) is 5.82 Å². The zero-order valence-corrected chi connectivity index (χ0v) is 13.6. The number of carbonyl (C=O) groups excluding carboxylic acids is 1. The van der Waals surface area contributed by atoms with Crippen LogP contribution >= 0.6 is 0 Å². The molecule has 0 aromatic heterocycles. The van der Waals surface area contributed by atoms with Gasteiger partial charge in [-0.15, -0.1) is 0 Å². The first-order valence-corrected chi connectivity index (χ1v) is 8.22. The van der Waals surface area contributed by atoms with Gasteiger partial charge in [-0.25, -0.2) is 4.39 Å². The fourth-order valence-corrected chi connectivity index (χ4v) is 2.84. The van der Waals surface area contributed by atoms with Gasteiger partial charge in [-0.3, -0.25) is 9.69 Å². The van der Waals surface area contributed by atoms with Gasteiger partial charge >= 0.3 is 0 Å². The maximum Gasteiger partial charge on any atom is 0.256 e. The molecular weight excluding hydrogens is 303 g/mol. The summed E-state index contributed by atoms with van der Waals surface area (Å²) in [4.78, 5) is 16.4. The molecule has 2 aromatic carbocycles. The van der Waals surface area contributed by atoms with Crippen LogP contribution in [0.15, 0.2) is 60.7 Å². The van der Waals surface area contributed by atoms with E-state index in [1.807, 2.05) is 18.2 Å². The van der Waals surface area contributed by atoms with Gasteiger partial charge < -0.3 is 4.90 Å². The van der Waals surface area contributed by atoms with Crippen LogP contribution < -0.4 is 0 Å². The molecule has 24 heavy (non-hydrogen) atoms. The second-order valence-electron chi connectivity index (χ2n) is 5.89. The minimum absolute atomic E-state index is 0.162. The van der Waals surface area contributed by atoms with Gasteiger partial charge in [0.05, 0.1) is 5.56 Å². The van der Waals surface area contributed by atoms with Gasteiger partial charge in [0.2, 0.25) is 0 Å². The maximum absolute atomic E-state index is 13.7. The zero-order chi connectivity index (χ0) is 16.8. The van der Waals surface area contributed by atoms with E-state index in [4.69, 9.17) is 0 Å². The average molecular weight is 324 g/mol. The summed E-state index contributed by atoms with van der Waals surface area (Å²) in [5.41, 5.74) is 1.35. The fraction of sp³-hybridized carbons (Fsp3) is 0.250. The molecular formula is C20H21FN2O. The molecule has 0 atom stereocenters. The first-order valence-electron chi connectivity index (χ1n) is 8.22. The first kappa shape index (κ1) is 16.4. The van der Waals surface area contributed by atoms with Crippen molar-refractivity contribution in [1.29, 1.82) is 0 Å². The van der Waals surface area contributed by atoms with Gasteiger partial charge in [-0.2, -0.15) is 0 Å². The Morgan fingerprint density at radius 3 is 2.33 bits per heavy atom. The lowest BCUT2D eigenvalue weighted by molar-refractivity contribution is 0.0645. The van der Waals surface area contributed by atoms with E-state index in [9.17, 15) is 9.18 Å². The smallest absolute Gasteiger partial charge is 0.256 e. The van der Waals surface area contributed by atoms with E-state index < -0.39 is 5.82 Å². The van der Waals surface area contributed by atoms with Crippen LogP contribution in [0.4, 0.5) is 4.39 Å². The molecule has 0 radical (unpaired) electrons. The Hall–Kier alpha value is -2.46. The molecule has 1 saturated heterocycles. The molecule has 1 fully saturated rings. The summed E-state index contributed by atoms with van der Waals surface area (Å²) in [5, 5.41) is 0. The maximum atomic E-state index is 13.7. The minimum Gasteiger partial charge on any atom is -0.336 e. The molecule has 0 N–H and O–H groups in total. The highest BCUT2D eigenvalue weighted by Gasteiger charge is 2.23. The second kappa shape index (κ2) is 7.88. The van der Waals surface area contributed by atoms with Gasteiger partial charge in [0.25, 0.3) is 5.91 Å². The number of nitrogens with zero attached hydrogens (tertiary/aromatic N) is 2. The number of halogens is 1. The van der Waals surface area contributed by atoms with Gasteiger partial charge in [-0.05, 0) is 17.7 Å². The van der Waals surface area contributed by atoms with E-state index in [1.165, 1.54) is 11.6 Å². The summed E-state index contributed by atoms with van der Waals surface area (Å²) in [5.74, 6) is -0.664. The van der Waals surface area contributed by atoms with E-state index in [2.05, 4.69) is 29.2 Å². The van der Waals surface area contributed by atoms with Gasteiger partial charge in [0.15, 0.2) is 0 Å². The number of benzene rings is 2. The number of hydrogen-bond donors (Lipinski definition) is 0. The van der Waals surface area contributed by atoms with Crippen molar-refractivity contribution in [3.05, 3.63) is 77.6 Å². The molecule has 3 rings (SSSR count). The summed E-state index contributed by atoms with van der Waals surface area (Å²) in [6.45, 7) is 3.73. The molecule has 4 heteroatoms. The molecule has 1 aliphatic rings. The highest BCUT2D eigenvalue weighted by Crippen LogP contribution is 2.12. The third kappa shape index (κ3) is 4.09. The molecule has 0 spiro atoms. The van der Waals surface area contributed by atoms with Gasteiger partial charge in [-0.1, -0.05) is 54.6 Å². The van der Waals surface area contributed by atoms with E-state index in [1.54, 1.807) is 23.1 Å². The Morgan fingerprint density at radius 2 is 1.62 bits per heavy atom. The van der Waals surface area contributed by atoms with Crippen molar-refractivity contribution < 1.29 is 9.18 Å². The van der Waals surface area contributed by atoms with E-state index in [-0.39, 0.29) is 11.5 Å². The molecule has 0 aliphatic carbocycles. The number of rotatable bonds is 4. The quantitative estimate of drug-likeness (QED) is 0.861. The van der Waals surface area contributed by atoms with Crippen molar-refractivity contribution in [3.8, 4) is 0 Å². The van der Waals surface area contributed by atoms with Gasteiger partial charge in [0, 0.05) is 32.7 Å². The standard InChI is InChI=1S/C20H21FN2O/c21-19-11-5-4-10-18(19)20(24)23-15-13-22(14-16-23)12-6-9-17-7-2-1-3-8-17/h1-11H,12-16H2/b9-6+. The van der Waals surface area contributed by atoms with Crippen molar-refractivity contribution in [3.63, 3.8) is 0 Å². The Balaban J connectivity index is 1.50. The lowest BCUT2D eigenvalue weighted by Gasteiger charge is -2.34. The number of piperazine rings is 1. The summed E-state index contributed by atoms with van der Waals surface area (Å²) in [6, 6.07) is 16.4. The van der Waals surface area contributed by atoms with Crippen molar-refractivity contribution in [2.45, 2.75) is 0 Å². The van der Waals surface area contributed by atoms with E-state index in [0.717, 1.165) is 19.6 Å². The monoisotopic (exact) mass is 324 g/mol. The molecule has 0 bridgehead atoms. The highest BCUT2D eigenvalue weighted by atomic mass is 19.1. The largest absolute Gasteiger partial charge is 0.336 e. The Bertz CT molecular complexity index is 707. The molecule has 124 valence electrons. The van der Waals surface area contributed by atoms with Crippen LogP contribution in [0.2, 0.25) is 0 Å². The molecule has 3 nitrogen and oxygen atoms in total. The van der Waals surface area contributed by atoms with E-state index >= 15 is 0 Å². The third-order valence-electron chi connectivity index (χ3n) is 4.24. The van der Waals surface area contributed by atoms with Gasteiger partial charge in [0.1, 0.15) is 5.82 Å². The fourth-order valence-electron chi connectivity index (χ4n) is 2.84. The molecule has 2 aromatic rings. The predicted molar refractivity (Wildman–Crippen MR) is 94.2 cm³/mol. The Labute approximate surface area is 142 Å². The Morgan fingerprint density at radius 1 is 0.958 bits per heavy atom. The minimum atomic E-state index is -0.448. The van der Waals surface area contributed by atoms with E-state index in [0.29, 0.717) is 13.1 Å². The average Bonchev–Trinajstić information content (AvgIpc) is 2.63. The molecule has 0 saturated carbocycles. The normalized spacial score (nSPS) is 15.8. The van der Waals surface area contributed by atoms with Crippen LogP contribution in [0.5, 0.6) is 0 Å². The van der Waals surface area contributed by atoms with Crippen molar-refractivity contribution in [2.24, 2.45) is 0 Å². The zero-order valence-electron chi connectivity index (χ0n) is 13.6. The molecule has 0 unspecified atom stereocenters. The van der Waals surface area contributed by atoms with Crippen LogP contribution in [0.1, 0.15) is 15.9 Å². The molecule has 1 aliphatic heterocycles. The lowest BCUT2D eigenvalue weighted by Crippen LogP contribution is -2.48. The number of hydrogen-bond acceptors (Lipinski definition) is 2. The SMILES string of the molecule is O=C(c1ccccc1F)N1CCN(C/C=C/c2ccccc2)CC1. The lowest BCUT2D eigenvalue weighted by atomic mass is 10.1. The number of carbonyl (C=O) groups is 1. The summed E-state index contributed by atoms with van der Waals surface area (Å²) < 4.78 is 13.7. The van der Waals surface area contributed by atoms with Crippen LogP contribution in [-0.2, 0) is 0 Å².